The summed E-state index contributed by atoms with van der Waals surface area (Å²) in [5.41, 5.74) is 4.03. The molecule has 3 aromatic rings. The van der Waals surface area contributed by atoms with Crippen LogP contribution in [-0.4, -0.2) is 41.3 Å². The molecular formula is C23H22FN3O2. The third-order valence-electron chi connectivity index (χ3n) is 6.10. The maximum absolute atomic E-state index is 13.6. The second kappa shape index (κ2) is 7.03. The second-order valence-electron chi connectivity index (χ2n) is 7.86. The molecule has 5 rings (SSSR count). The van der Waals surface area contributed by atoms with Gasteiger partial charge in [0.25, 0.3) is 0 Å². The Morgan fingerprint density at radius 2 is 2.07 bits per heavy atom. The molecule has 1 fully saturated rings. The van der Waals surface area contributed by atoms with Gasteiger partial charge in [0.2, 0.25) is 11.8 Å². The van der Waals surface area contributed by atoms with Gasteiger partial charge in [-0.3, -0.25) is 9.59 Å². The van der Waals surface area contributed by atoms with Gasteiger partial charge >= 0.3 is 0 Å². The summed E-state index contributed by atoms with van der Waals surface area (Å²) in [4.78, 5) is 32.3. The fraction of sp³-hybridized carbons (Fsp3) is 0.304. The van der Waals surface area contributed by atoms with Crippen LogP contribution in [0, 0.1) is 11.7 Å². The molecule has 0 spiro atoms. The number of aromatic amines is 1. The first kappa shape index (κ1) is 17.9. The number of benzene rings is 2. The van der Waals surface area contributed by atoms with E-state index < -0.39 is 0 Å². The van der Waals surface area contributed by atoms with Crippen LogP contribution in [0.25, 0.3) is 10.9 Å². The zero-order valence-electron chi connectivity index (χ0n) is 16.0. The number of carbonyl (C=O) groups is 2. The number of nitrogens with zero attached hydrogens (tertiary/aromatic N) is 2. The molecule has 0 bridgehead atoms. The van der Waals surface area contributed by atoms with Crippen LogP contribution in [-0.2, 0) is 22.4 Å². The SMILES string of the molecule is O=C1C[C@H](C(=O)N2CCc3ccccc32)CN1CCc1c[nH]c2ccc(F)cc12. The van der Waals surface area contributed by atoms with Gasteiger partial charge in [0.1, 0.15) is 5.82 Å². The Morgan fingerprint density at radius 1 is 1.21 bits per heavy atom. The van der Waals surface area contributed by atoms with Crippen LogP contribution < -0.4 is 4.90 Å². The first-order valence-electron chi connectivity index (χ1n) is 10.0. The monoisotopic (exact) mass is 391 g/mol. The number of likely N-dealkylation sites (tertiary alicyclic amines) is 1. The highest BCUT2D eigenvalue weighted by molar-refractivity contribution is 6.00. The van der Waals surface area contributed by atoms with Crippen molar-refractivity contribution in [2.24, 2.45) is 5.92 Å². The second-order valence-corrected chi connectivity index (χ2v) is 7.86. The van der Waals surface area contributed by atoms with E-state index in [4.69, 9.17) is 0 Å². The van der Waals surface area contributed by atoms with E-state index in [2.05, 4.69) is 11.1 Å². The number of anilines is 1. The smallest absolute Gasteiger partial charge is 0.232 e. The molecule has 2 aromatic carbocycles. The van der Waals surface area contributed by atoms with Gasteiger partial charge in [-0.2, -0.15) is 0 Å². The summed E-state index contributed by atoms with van der Waals surface area (Å²) in [6.07, 6.45) is 3.63. The lowest BCUT2D eigenvalue weighted by molar-refractivity contribution is -0.128. The highest BCUT2D eigenvalue weighted by Crippen LogP contribution is 2.31. The zero-order chi connectivity index (χ0) is 20.0. The summed E-state index contributed by atoms with van der Waals surface area (Å²) in [6.45, 7) is 1.67. The summed E-state index contributed by atoms with van der Waals surface area (Å²) in [7, 11) is 0. The molecule has 3 heterocycles. The number of carbonyl (C=O) groups excluding carboxylic acids is 2. The molecule has 148 valence electrons. The minimum atomic E-state index is -0.297. The lowest BCUT2D eigenvalue weighted by Gasteiger charge is -2.21. The van der Waals surface area contributed by atoms with E-state index in [-0.39, 0.29) is 30.0 Å². The molecule has 6 heteroatoms. The number of halogens is 1. The van der Waals surface area contributed by atoms with Gasteiger partial charge in [-0.15, -0.1) is 0 Å². The number of para-hydroxylation sites is 1. The van der Waals surface area contributed by atoms with E-state index in [1.54, 1.807) is 11.0 Å². The maximum atomic E-state index is 13.6. The summed E-state index contributed by atoms with van der Waals surface area (Å²) >= 11 is 0. The van der Waals surface area contributed by atoms with Crippen LogP contribution in [0.2, 0.25) is 0 Å². The first-order valence-corrected chi connectivity index (χ1v) is 10.0. The molecule has 1 atom stereocenters. The van der Waals surface area contributed by atoms with Crippen LogP contribution in [0.5, 0.6) is 0 Å². The quantitative estimate of drug-likeness (QED) is 0.742. The van der Waals surface area contributed by atoms with E-state index >= 15 is 0 Å². The molecule has 1 saturated heterocycles. The number of hydrogen-bond acceptors (Lipinski definition) is 2. The molecule has 1 N–H and O–H groups in total. The fourth-order valence-electron chi connectivity index (χ4n) is 4.55. The topological polar surface area (TPSA) is 56.4 Å². The molecule has 29 heavy (non-hydrogen) atoms. The standard InChI is InChI=1S/C23H22FN3O2/c24-18-5-6-20-19(12-18)16(13-25-20)7-9-26-14-17(11-22(26)28)23(29)27-10-8-15-3-1-2-4-21(15)27/h1-6,12-13,17,25H,7-11,14H2/t17-/m0/s1. The number of fused-ring (bicyclic) bond motifs is 2. The van der Waals surface area contributed by atoms with Crippen LogP contribution >= 0.6 is 0 Å². The number of nitrogens with one attached hydrogen (secondary N) is 1. The highest BCUT2D eigenvalue weighted by atomic mass is 19.1. The Balaban J connectivity index is 1.26. The summed E-state index contributed by atoms with van der Waals surface area (Å²) in [6, 6.07) is 12.6. The lowest BCUT2D eigenvalue weighted by Crippen LogP contribution is -2.36. The van der Waals surface area contributed by atoms with Gasteiger partial charge in [0.15, 0.2) is 0 Å². The molecule has 2 amide bonds. The van der Waals surface area contributed by atoms with Crippen molar-refractivity contribution in [2.75, 3.05) is 24.5 Å². The molecule has 5 nitrogen and oxygen atoms in total. The Bertz CT molecular complexity index is 1110. The van der Waals surface area contributed by atoms with Gasteiger partial charge in [0.05, 0.1) is 5.92 Å². The number of aromatic nitrogens is 1. The van der Waals surface area contributed by atoms with Crippen molar-refractivity contribution in [2.45, 2.75) is 19.3 Å². The third kappa shape index (κ3) is 3.18. The van der Waals surface area contributed by atoms with Crippen molar-refractivity contribution in [1.29, 1.82) is 0 Å². The van der Waals surface area contributed by atoms with Gasteiger partial charge < -0.3 is 14.8 Å². The Morgan fingerprint density at radius 3 is 2.97 bits per heavy atom. The average molecular weight is 391 g/mol. The van der Waals surface area contributed by atoms with E-state index in [0.29, 0.717) is 26.1 Å². The Labute approximate surface area is 168 Å². The van der Waals surface area contributed by atoms with Crippen molar-refractivity contribution in [3.05, 3.63) is 65.6 Å². The minimum absolute atomic E-state index is 0.0156. The van der Waals surface area contributed by atoms with E-state index in [1.165, 1.54) is 17.7 Å². The van der Waals surface area contributed by atoms with E-state index in [0.717, 1.165) is 28.6 Å². The van der Waals surface area contributed by atoms with Gasteiger partial charge in [-0.05, 0) is 48.2 Å². The molecular weight excluding hydrogens is 369 g/mol. The number of hydrogen-bond donors (Lipinski definition) is 1. The third-order valence-corrected chi connectivity index (χ3v) is 6.10. The van der Waals surface area contributed by atoms with Crippen LogP contribution in [0.15, 0.2) is 48.7 Å². The van der Waals surface area contributed by atoms with Gasteiger partial charge in [-0.1, -0.05) is 18.2 Å². The molecule has 0 radical (unpaired) electrons. The van der Waals surface area contributed by atoms with Crippen LogP contribution in [0.4, 0.5) is 10.1 Å². The summed E-state index contributed by atoms with van der Waals surface area (Å²) in [5, 5.41) is 0.845. The molecule has 0 unspecified atom stereocenters. The van der Waals surface area contributed by atoms with Crippen molar-refractivity contribution in [3.8, 4) is 0 Å². The van der Waals surface area contributed by atoms with Crippen molar-refractivity contribution in [1.82, 2.24) is 9.88 Å². The fourth-order valence-corrected chi connectivity index (χ4v) is 4.55. The largest absolute Gasteiger partial charge is 0.361 e. The van der Waals surface area contributed by atoms with Gasteiger partial charge in [-0.25, -0.2) is 4.39 Å². The van der Waals surface area contributed by atoms with Gasteiger partial charge in [0, 0.05) is 48.8 Å². The number of H-pyrrole nitrogens is 1. The van der Waals surface area contributed by atoms with E-state index in [1.807, 2.05) is 29.3 Å². The van der Waals surface area contributed by atoms with Crippen LogP contribution in [0.1, 0.15) is 17.5 Å². The predicted octanol–water partition coefficient (Wildman–Crippen LogP) is 3.29. The van der Waals surface area contributed by atoms with Crippen molar-refractivity contribution in [3.63, 3.8) is 0 Å². The maximum Gasteiger partial charge on any atom is 0.232 e. The molecule has 1 aromatic heterocycles. The first-order chi connectivity index (χ1) is 14.1. The Hall–Kier alpha value is -3.15. The highest BCUT2D eigenvalue weighted by Gasteiger charge is 2.38. The predicted molar refractivity (Wildman–Crippen MR) is 109 cm³/mol. The lowest BCUT2D eigenvalue weighted by atomic mass is 10.1. The molecule has 2 aliphatic heterocycles. The van der Waals surface area contributed by atoms with E-state index in [9.17, 15) is 14.0 Å². The number of rotatable bonds is 4. The van der Waals surface area contributed by atoms with Crippen molar-refractivity contribution < 1.29 is 14.0 Å². The average Bonchev–Trinajstić information content (AvgIpc) is 3.42. The normalized spacial score (nSPS) is 18.7. The molecule has 0 aliphatic carbocycles. The molecule has 0 saturated carbocycles. The minimum Gasteiger partial charge on any atom is -0.361 e. The Kier molecular flexibility index (Phi) is 4.34. The zero-order valence-corrected chi connectivity index (χ0v) is 16.0. The van der Waals surface area contributed by atoms with Crippen LogP contribution in [0.3, 0.4) is 0 Å². The summed E-state index contributed by atoms with van der Waals surface area (Å²) < 4.78 is 13.6. The number of amides is 2. The van der Waals surface area contributed by atoms with Crippen molar-refractivity contribution >= 4 is 28.4 Å². The summed E-state index contributed by atoms with van der Waals surface area (Å²) in [5.74, 6) is -0.511. The molecule has 2 aliphatic rings.